The Kier molecular flexibility index (Phi) is 3.49. The van der Waals surface area contributed by atoms with Crippen molar-refractivity contribution in [2.45, 2.75) is 39.0 Å². The number of hydrogen-bond donors (Lipinski definition) is 1. The summed E-state index contributed by atoms with van der Waals surface area (Å²) in [5, 5.41) is 0. The molecule has 2 N–H and O–H groups in total. The van der Waals surface area contributed by atoms with E-state index in [-0.39, 0.29) is 0 Å². The highest BCUT2D eigenvalue weighted by Crippen LogP contribution is 2.40. The molecule has 2 rings (SSSR count). The molecule has 0 fully saturated rings. The predicted molar refractivity (Wildman–Crippen MR) is 67.1 cm³/mol. The highest BCUT2D eigenvalue weighted by molar-refractivity contribution is 5.48. The van der Waals surface area contributed by atoms with Crippen LogP contribution in [0.2, 0.25) is 0 Å². The van der Waals surface area contributed by atoms with E-state index in [1.54, 1.807) is 0 Å². The van der Waals surface area contributed by atoms with E-state index in [0.717, 1.165) is 25.3 Å². The first-order chi connectivity index (χ1) is 7.77. The highest BCUT2D eigenvalue weighted by Gasteiger charge is 2.25. The van der Waals surface area contributed by atoms with Crippen molar-refractivity contribution in [3.8, 4) is 5.75 Å². The third-order valence-electron chi connectivity index (χ3n) is 3.54. The van der Waals surface area contributed by atoms with Gasteiger partial charge < -0.3 is 10.5 Å². The fraction of sp³-hybridized carbons (Fsp3) is 0.571. The maximum atomic E-state index is 5.68. The Hall–Kier alpha value is -1.02. The molecule has 0 bridgehead atoms. The van der Waals surface area contributed by atoms with E-state index in [2.05, 4.69) is 19.1 Å². The molecule has 16 heavy (non-hydrogen) atoms. The number of fused-ring (bicyclic) bond motifs is 1. The largest absolute Gasteiger partial charge is 0.494 e. The second-order valence-corrected chi connectivity index (χ2v) is 4.51. The lowest BCUT2D eigenvalue weighted by Crippen LogP contribution is -2.06. The molecule has 0 aliphatic heterocycles. The van der Waals surface area contributed by atoms with Gasteiger partial charge in [0.2, 0.25) is 0 Å². The van der Waals surface area contributed by atoms with Gasteiger partial charge in [-0.1, -0.05) is 6.07 Å². The quantitative estimate of drug-likeness (QED) is 0.845. The van der Waals surface area contributed by atoms with Crippen LogP contribution >= 0.6 is 0 Å². The molecule has 1 aliphatic carbocycles. The van der Waals surface area contributed by atoms with Crippen LogP contribution in [0.1, 0.15) is 42.4 Å². The van der Waals surface area contributed by atoms with Gasteiger partial charge in [-0.05, 0) is 68.3 Å². The van der Waals surface area contributed by atoms with E-state index in [0.29, 0.717) is 5.92 Å². The van der Waals surface area contributed by atoms with Gasteiger partial charge in [0.1, 0.15) is 5.75 Å². The predicted octanol–water partition coefficient (Wildman–Crippen LogP) is 2.77. The van der Waals surface area contributed by atoms with Crippen molar-refractivity contribution in [3.05, 3.63) is 28.8 Å². The molecular weight excluding hydrogens is 198 g/mol. The molecule has 0 saturated heterocycles. The zero-order chi connectivity index (χ0) is 11.5. The average Bonchev–Trinajstić information content (AvgIpc) is 2.67. The Labute approximate surface area is 97.8 Å². The molecule has 0 heterocycles. The molecule has 0 unspecified atom stereocenters. The van der Waals surface area contributed by atoms with E-state index in [9.17, 15) is 0 Å². The molecule has 1 aliphatic rings. The number of benzene rings is 1. The molecule has 88 valence electrons. The van der Waals surface area contributed by atoms with Gasteiger partial charge in [0.15, 0.2) is 0 Å². The fourth-order valence-corrected chi connectivity index (χ4v) is 2.83. The SMILES string of the molecule is CCOc1ccc2c(c1C)[C@H](CCN)CC2. The van der Waals surface area contributed by atoms with Crippen molar-refractivity contribution < 1.29 is 4.74 Å². The number of rotatable bonds is 4. The van der Waals surface area contributed by atoms with Gasteiger partial charge in [-0.25, -0.2) is 0 Å². The minimum Gasteiger partial charge on any atom is -0.494 e. The summed E-state index contributed by atoms with van der Waals surface area (Å²) < 4.78 is 5.66. The molecule has 0 radical (unpaired) electrons. The topological polar surface area (TPSA) is 35.2 Å². The van der Waals surface area contributed by atoms with Gasteiger partial charge in [0, 0.05) is 0 Å². The summed E-state index contributed by atoms with van der Waals surface area (Å²) in [6.45, 7) is 5.73. The smallest absolute Gasteiger partial charge is 0.122 e. The van der Waals surface area contributed by atoms with Crippen LogP contribution in [0.15, 0.2) is 12.1 Å². The molecule has 2 nitrogen and oxygen atoms in total. The van der Waals surface area contributed by atoms with Crippen LogP contribution in [0.25, 0.3) is 0 Å². The summed E-state index contributed by atoms with van der Waals surface area (Å²) in [6, 6.07) is 4.34. The molecule has 0 aromatic heterocycles. The number of ether oxygens (including phenoxy) is 1. The monoisotopic (exact) mass is 219 g/mol. The lowest BCUT2D eigenvalue weighted by Gasteiger charge is -2.16. The standard InChI is InChI=1S/C14H21NO/c1-3-16-13-7-6-11-4-5-12(8-9-15)14(11)10(13)2/h6-7,12H,3-5,8-9,15H2,1-2H3/t12-/m0/s1. The Morgan fingerprint density at radius 2 is 2.25 bits per heavy atom. The van der Waals surface area contributed by atoms with E-state index >= 15 is 0 Å². The van der Waals surface area contributed by atoms with Crippen molar-refractivity contribution in [3.63, 3.8) is 0 Å². The third kappa shape index (κ3) is 1.94. The van der Waals surface area contributed by atoms with Crippen LogP contribution in [0, 0.1) is 6.92 Å². The summed E-state index contributed by atoms with van der Waals surface area (Å²) in [4.78, 5) is 0. The molecule has 1 aromatic carbocycles. The van der Waals surface area contributed by atoms with Gasteiger partial charge in [-0.15, -0.1) is 0 Å². The van der Waals surface area contributed by atoms with E-state index in [1.165, 1.54) is 29.5 Å². The highest BCUT2D eigenvalue weighted by atomic mass is 16.5. The van der Waals surface area contributed by atoms with Crippen molar-refractivity contribution in [2.75, 3.05) is 13.2 Å². The molecule has 0 spiro atoms. The van der Waals surface area contributed by atoms with Crippen LogP contribution in [0.5, 0.6) is 5.75 Å². The zero-order valence-electron chi connectivity index (χ0n) is 10.3. The normalized spacial score (nSPS) is 18.6. The fourth-order valence-electron chi connectivity index (χ4n) is 2.83. The Balaban J connectivity index is 2.35. The lowest BCUT2D eigenvalue weighted by atomic mass is 9.93. The molecule has 1 atom stereocenters. The van der Waals surface area contributed by atoms with Crippen LogP contribution in [-0.4, -0.2) is 13.2 Å². The van der Waals surface area contributed by atoms with Crippen molar-refractivity contribution in [2.24, 2.45) is 5.73 Å². The van der Waals surface area contributed by atoms with Gasteiger partial charge in [-0.3, -0.25) is 0 Å². The van der Waals surface area contributed by atoms with Gasteiger partial charge in [0.05, 0.1) is 6.61 Å². The lowest BCUT2D eigenvalue weighted by molar-refractivity contribution is 0.337. The molecule has 0 saturated carbocycles. The number of aryl methyl sites for hydroxylation is 1. The van der Waals surface area contributed by atoms with Crippen LogP contribution < -0.4 is 10.5 Å². The summed E-state index contributed by atoms with van der Waals surface area (Å²) in [6.07, 6.45) is 3.56. The van der Waals surface area contributed by atoms with Gasteiger partial charge in [0.25, 0.3) is 0 Å². The summed E-state index contributed by atoms with van der Waals surface area (Å²) >= 11 is 0. The Bertz CT molecular complexity index is 371. The zero-order valence-corrected chi connectivity index (χ0v) is 10.3. The first-order valence-electron chi connectivity index (χ1n) is 6.23. The molecule has 2 heteroatoms. The third-order valence-corrected chi connectivity index (χ3v) is 3.54. The first kappa shape index (κ1) is 11.5. The maximum Gasteiger partial charge on any atom is 0.122 e. The molecular formula is C14H21NO. The summed E-state index contributed by atoms with van der Waals surface area (Å²) in [7, 11) is 0. The van der Waals surface area contributed by atoms with E-state index in [4.69, 9.17) is 10.5 Å². The Morgan fingerprint density at radius 3 is 2.94 bits per heavy atom. The average molecular weight is 219 g/mol. The van der Waals surface area contributed by atoms with Crippen LogP contribution in [-0.2, 0) is 6.42 Å². The first-order valence-corrected chi connectivity index (χ1v) is 6.23. The minimum absolute atomic E-state index is 0.653. The number of hydrogen-bond acceptors (Lipinski definition) is 2. The van der Waals surface area contributed by atoms with Gasteiger partial charge in [-0.2, -0.15) is 0 Å². The maximum absolute atomic E-state index is 5.68. The second kappa shape index (κ2) is 4.88. The van der Waals surface area contributed by atoms with Crippen LogP contribution in [0.3, 0.4) is 0 Å². The summed E-state index contributed by atoms with van der Waals surface area (Å²) in [5.74, 6) is 1.70. The van der Waals surface area contributed by atoms with Crippen molar-refractivity contribution in [1.29, 1.82) is 0 Å². The van der Waals surface area contributed by atoms with Gasteiger partial charge >= 0.3 is 0 Å². The minimum atomic E-state index is 0.653. The van der Waals surface area contributed by atoms with Crippen LogP contribution in [0.4, 0.5) is 0 Å². The van der Waals surface area contributed by atoms with Crippen molar-refractivity contribution >= 4 is 0 Å². The van der Waals surface area contributed by atoms with E-state index < -0.39 is 0 Å². The van der Waals surface area contributed by atoms with Crippen molar-refractivity contribution in [1.82, 2.24) is 0 Å². The molecule has 1 aromatic rings. The Morgan fingerprint density at radius 1 is 1.44 bits per heavy atom. The van der Waals surface area contributed by atoms with E-state index in [1.807, 2.05) is 6.92 Å². The second-order valence-electron chi connectivity index (χ2n) is 4.51. The summed E-state index contributed by atoms with van der Waals surface area (Å²) in [5.41, 5.74) is 10.0. The number of nitrogens with two attached hydrogens (primary N) is 1. The molecule has 0 amide bonds.